The second-order valence-electron chi connectivity index (χ2n) is 3.61. The van der Waals surface area contributed by atoms with E-state index in [1.54, 1.807) is 6.92 Å². The zero-order chi connectivity index (χ0) is 13.5. The summed E-state index contributed by atoms with van der Waals surface area (Å²) < 4.78 is 4.93. The molecule has 0 fully saturated rings. The summed E-state index contributed by atoms with van der Waals surface area (Å²) in [4.78, 5) is 22.0. The Labute approximate surface area is 113 Å². The van der Waals surface area contributed by atoms with Gasteiger partial charge in [0.15, 0.2) is 0 Å². The Bertz CT molecular complexity index is 448. The normalized spacial score (nSPS) is 10.1. The first-order valence-electron chi connectivity index (χ1n) is 5.60. The zero-order valence-electron chi connectivity index (χ0n) is 10.0. The van der Waals surface area contributed by atoms with Crippen LogP contribution in [0.1, 0.15) is 29.3 Å². The van der Waals surface area contributed by atoms with Crippen LogP contribution in [0.3, 0.4) is 0 Å². The number of esters is 1. The van der Waals surface area contributed by atoms with Crippen molar-refractivity contribution in [1.29, 1.82) is 0 Å². The van der Waals surface area contributed by atoms with Crippen LogP contribution in [-0.4, -0.2) is 22.8 Å². The van der Waals surface area contributed by atoms with Crippen LogP contribution in [0.15, 0.2) is 18.2 Å². The highest BCUT2D eigenvalue weighted by atomic mass is 79.9. The summed E-state index contributed by atoms with van der Waals surface area (Å²) in [6.07, 6.45) is 1.40. The van der Waals surface area contributed by atoms with E-state index < -0.39 is 10.9 Å². The maximum absolute atomic E-state index is 11.7. The Balaban J connectivity index is 3.07. The molecule has 1 aromatic carbocycles. The highest BCUT2D eigenvalue weighted by Gasteiger charge is 2.16. The lowest BCUT2D eigenvalue weighted by Gasteiger charge is -2.08. The first-order valence-corrected chi connectivity index (χ1v) is 6.72. The molecule has 0 saturated heterocycles. The molecule has 0 N–H and O–H groups in total. The monoisotopic (exact) mass is 315 g/mol. The molecule has 1 aromatic rings. The number of hydrogen-bond donors (Lipinski definition) is 0. The predicted octanol–water partition coefficient (Wildman–Crippen LogP) is 3.10. The van der Waals surface area contributed by atoms with Gasteiger partial charge in [-0.1, -0.05) is 15.9 Å². The van der Waals surface area contributed by atoms with Crippen molar-refractivity contribution < 1.29 is 14.5 Å². The second-order valence-corrected chi connectivity index (χ2v) is 4.40. The number of nitro groups is 1. The molecule has 6 heteroatoms. The fourth-order valence-electron chi connectivity index (χ4n) is 1.57. The molecular weight excluding hydrogens is 302 g/mol. The number of benzene rings is 1. The summed E-state index contributed by atoms with van der Waals surface area (Å²) >= 11 is 3.30. The standard InChI is InChI=1S/C12H14BrNO4/c1-2-18-12(15)11-6-5-10(14(16)17)8-9(11)4-3-7-13/h5-6,8H,2-4,7H2,1H3. The molecule has 0 amide bonds. The number of carbonyl (C=O) groups excluding carboxylic acids is 1. The van der Waals surface area contributed by atoms with Crippen LogP contribution in [0.2, 0.25) is 0 Å². The number of non-ortho nitro benzene ring substituents is 1. The van der Waals surface area contributed by atoms with Gasteiger partial charge in [-0.2, -0.15) is 0 Å². The highest BCUT2D eigenvalue weighted by molar-refractivity contribution is 9.09. The number of nitro benzene ring substituents is 1. The first kappa shape index (κ1) is 14.6. The van der Waals surface area contributed by atoms with Gasteiger partial charge in [-0.15, -0.1) is 0 Å². The van der Waals surface area contributed by atoms with Crippen molar-refractivity contribution in [3.8, 4) is 0 Å². The average Bonchev–Trinajstić information content (AvgIpc) is 2.36. The van der Waals surface area contributed by atoms with E-state index in [1.165, 1.54) is 18.2 Å². The Kier molecular flexibility index (Phi) is 5.77. The number of ether oxygens (including phenoxy) is 1. The number of alkyl halides is 1. The second kappa shape index (κ2) is 7.10. The van der Waals surface area contributed by atoms with E-state index in [9.17, 15) is 14.9 Å². The van der Waals surface area contributed by atoms with Crippen LogP contribution >= 0.6 is 15.9 Å². The Hall–Kier alpha value is -1.43. The van der Waals surface area contributed by atoms with Gasteiger partial charge in [-0.25, -0.2) is 4.79 Å². The maximum Gasteiger partial charge on any atom is 0.338 e. The Morgan fingerprint density at radius 2 is 2.22 bits per heavy atom. The minimum atomic E-state index is -0.466. The van der Waals surface area contributed by atoms with Crippen LogP contribution < -0.4 is 0 Å². The Morgan fingerprint density at radius 1 is 1.50 bits per heavy atom. The molecule has 0 radical (unpaired) electrons. The van der Waals surface area contributed by atoms with E-state index in [0.717, 1.165) is 11.8 Å². The van der Waals surface area contributed by atoms with E-state index >= 15 is 0 Å². The molecule has 0 bridgehead atoms. The number of halogens is 1. The van der Waals surface area contributed by atoms with Crippen molar-refractivity contribution in [2.24, 2.45) is 0 Å². The number of carbonyl (C=O) groups is 1. The number of aryl methyl sites for hydroxylation is 1. The van der Waals surface area contributed by atoms with Crippen molar-refractivity contribution in [2.45, 2.75) is 19.8 Å². The molecule has 0 spiro atoms. The van der Waals surface area contributed by atoms with Gasteiger partial charge >= 0.3 is 5.97 Å². The lowest BCUT2D eigenvalue weighted by Crippen LogP contribution is -2.09. The van der Waals surface area contributed by atoms with Gasteiger partial charge in [0.2, 0.25) is 0 Å². The van der Waals surface area contributed by atoms with Crippen LogP contribution in [-0.2, 0) is 11.2 Å². The van der Waals surface area contributed by atoms with Crippen LogP contribution in [0.25, 0.3) is 0 Å². The van der Waals surface area contributed by atoms with E-state index in [1.807, 2.05) is 0 Å². The Morgan fingerprint density at radius 3 is 2.78 bits per heavy atom. The summed E-state index contributed by atoms with van der Waals surface area (Å²) in [5.41, 5.74) is 1.05. The molecule has 1 rings (SSSR count). The molecule has 0 heterocycles. The molecular formula is C12H14BrNO4. The molecule has 98 valence electrons. The third kappa shape index (κ3) is 3.80. The summed E-state index contributed by atoms with van der Waals surface area (Å²) in [6, 6.07) is 4.22. The van der Waals surface area contributed by atoms with E-state index in [4.69, 9.17) is 4.74 Å². The third-order valence-corrected chi connectivity index (χ3v) is 2.94. The van der Waals surface area contributed by atoms with Crippen LogP contribution in [0.5, 0.6) is 0 Å². The molecule has 5 nitrogen and oxygen atoms in total. The largest absolute Gasteiger partial charge is 0.462 e. The van der Waals surface area contributed by atoms with Crippen molar-refractivity contribution in [1.82, 2.24) is 0 Å². The molecule has 18 heavy (non-hydrogen) atoms. The van der Waals surface area contributed by atoms with Gasteiger partial charge < -0.3 is 4.74 Å². The minimum absolute atomic E-state index is 0.00683. The number of hydrogen-bond acceptors (Lipinski definition) is 4. The first-order chi connectivity index (χ1) is 8.60. The lowest BCUT2D eigenvalue weighted by molar-refractivity contribution is -0.384. The SMILES string of the molecule is CCOC(=O)c1ccc([N+](=O)[O-])cc1CCCBr. The molecule has 0 aromatic heterocycles. The van der Waals surface area contributed by atoms with Crippen LogP contribution in [0, 0.1) is 10.1 Å². The molecule has 0 aliphatic heterocycles. The zero-order valence-corrected chi connectivity index (χ0v) is 11.6. The van der Waals surface area contributed by atoms with Crippen LogP contribution in [0.4, 0.5) is 5.69 Å². The van der Waals surface area contributed by atoms with Crippen molar-refractivity contribution in [3.63, 3.8) is 0 Å². The van der Waals surface area contributed by atoms with E-state index in [-0.39, 0.29) is 12.3 Å². The predicted molar refractivity (Wildman–Crippen MR) is 71.2 cm³/mol. The quantitative estimate of drug-likeness (QED) is 0.350. The fraction of sp³-hybridized carbons (Fsp3) is 0.417. The van der Waals surface area contributed by atoms with Gasteiger partial charge in [0.25, 0.3) is 5.69 Å². The number of nitrogens with zero attached hydrogens (tertiary/aromatic N) is 1. The van der Waals surface area contributed by atoms with Gasteiger partial charge in [-0.05, 0) is 31.4 Å². The molecule has 0 atom stereocenters. The summed E-state index contributed by atoms with van der Waals surface area (Å²) in [6.45, 7) is 2.01. The van der Waals surface area contributed by atoms with Gasteiger partial charge in [0.1, 0.15) is 0 Å². The van der Waals surface area contributed by atoms with Crippen molar-refractivity contribution >= 4 is 27.6 Å². The van der Waals surface area contributed by atoms with Gasteiger partial charge in [-0.3, -0.25) is 10.1 Å². The van der Waals surface area contributed by atoms with Crippen molar-refractivity contribution in [3.05, 3.63) is 39.4 Å². The molecule has 0 aliphatic rings. The topological polar surface area (TPSA) is 69.4 Å². The summed E-state index contributed by atoms with van der Waals surface area (Å²) in [7, 11) is 0. The summed E-state index contributed by atoms with van der Waals surface area (Å²) in [5.74, 6) is -0.433. The average molecular weight is 316 g/mol. The van der Waals surface area contributed by atoms with E-state index in [0.29, 0.717) is 17.5 Å². The van der Waals surface area contributed by atoms with Gasteiger partial charge in [0, 0.05) is 17.5 Å². The third-order valence-electron chi connectivity index (χ3n) is 2.37. The number of rotatable bonds is 6. The van der Waals surface area contributed by atoms with E-state index in [2.05, 4.69) is 15.9 Å². The minimum Gasteiger partial charge on any atom is -0.462 e. The molecule has 0 unspecified atom stereocenters. The van der Waals surface area contributed by atoms with Crippen molar-refractivity contribution in [2.75, 3.05) is 11.9 Å². The maximum atomic E-state index is 11.7. The fourth-order valence-corrected chi connectivity index (χ4v) is 1.85. The lowest BCUT2D eigenvalue weighted by atomic mass is 10.0. The highest BCUT2D eigenvalue weighted by Crippen LogP contribution is 2.20. The molecule has 0 aliphatic carbocycles. The van der Waals surface area contributed by atoms with Gasteiger partial charge in [0.05, 0.1) is 17.1 Å². The molecule has 0 saturated carbocycles. The smallest absolute Gasteiger partial charge is 0.338 e. The summed E-state index contributed by atoms with van der Waals surface area (Å²) in [5, 5.41) is 11.5.